The Bertz CT molecular complexity index is 764. The molecule has 1 aliphatic rings. The summed E-state index contributed by atoms with van der Waals surface area (Å²) in [6.45, 7) is 5.53. The molecule has 1 heterocycles. The number of hydrogen-bond acceptors (Lipinski definition) is 3. The second kappa shape index (κ2) is 10.6. The van der Waals surface area contributed by atoms with Crippen LogP contribution >= 0.6 is 15.9 Å². The predicted molar refractivity (Wildman–Crippen MR) is 114 cm³/mol. The molecule has 0 radical (unpaired) electrons. The van der Waals surface area contributed by atoms with Gasteiger partial charge in [0, 0.05) is 29.7 Å². The zero-order chi connectivity index (χ0) is 19.8. The zero-order valence-corrected chi connectivity index (χ0v) is 17.7. The molecule has 1 aliphatic heterocycles. The number of nitrogens with zero attached hydrogens (tertiary/aromatic N) is 1. The number of fused-ring (bicyclic) bond motifs is 1. The van der Waals surface area contributed by atoms with Crippen molar-refractivity contribution in [2.24, 2.45) is 5.73 Å². The highest BCUT2D eigenvalue weighted by Gasteiger charge is 2.25. The Kier molecular flexibility index (Phi) is 8.48. The molecule has 0 saturated carbocycles. The number of rotatable bonds is 6. The van der Waals surface area contributed by atoms with Crippen LogP contribution in [-0.2, 0) is 19.4 Å². The van der Waals surface area contributed by atoms with Gasteiger partial charge in [0.1, 0.15) is 0 Å². The van der Waals surface area contributed by atoms with E-state index in [2.05, 4.69) is 22.0 Å². The van der Waals surface area contributed by atoms with Crippen LogP contribution in [0.15, 0.2) is 46.9 Å². The van der Waals surface area contributed by atoms with Gasteiger partial charge in [0.25, 0.3) is 5.91 Å². The fourth-order valence-corrected chi connectivity index (χ4v) is 3.76. The number of aliphatic hydroxyl groups excluding tert-OH is 1. The van der Waals surface area contributed by atoms with Crippen molar-refractivity contribution in [2.75, 3.05) is 13.1 Å². The first-order valence-corrected chi connectivity index (χ1v) is 10.4. The van der Waals surface area contributed by atoms with Crippen LogP contribution in [-0.4, -0.2) is 35.1 Å². The highest BCUT2D eigenvalue weighted by atomic mass is 79.9. The topological polar surface area (TPSA) is 66.6 Å². The Morgan fingerprint density at radius 3 is 2.59 bits per heavy atom. The summed E-state index contributed by atoms with van der Waals surface area (Å²) in [4.78, 5) is 14.4. The molecule has 3 rings (SSSR count). The van der Waals surface area contributed by atoms with Gasteiger partial charge in [-0.2, -0.15) is 0 Å². The van der Waals surface area contributed by atoms with Crippen LogP contribution in [0.3, 0.4) is 0 Å². The fraction of sp³-hybridized carbons (Fsp3) is 0.409. The summed E-state index contributed by atoms with van der Waals surface area (Å²) >= 11 is 3.45. The first kappa shape index (κ1) is 21.6. The first-order valence-electron chi connectivity index (χ1n) is 9.61. The van der Waals surface area contributed by atoms with E-state index in [4.69, 9.17) is 5.73 Å². The number of β-amino-alcohol motifs (C(OH)–C–C–N with tert-alkyl or cyclic N) is 1. The maximum Gasteiger partial charge on any atom is 0.254 e. The minimum Gasteiger partial charge on any atom is -0.391 e. The van der Waals surface area contributed by atoms with E-state index in [9.17, 15) is 9.90 Å². The van der Waals surface area contributed by atoms with E-state index in [1.54, 1.807) is 4.90 Å². The average Bonchev–Trinajstić information content (AvgIpc) is 2.70. The van der Waals surface area contributed by atoms with Crippen molar-refractivity contribution in [3.63, 3.8) is 0 Å². The van der Waals surface area contributed by atoms with Gasteiger partial charge in [0.2, 0.25) is 0 Å². The third-order valence-corrected chi connectivity index (χ3v) is 5.25. The number of amides is 1. The Hall–Kier alpha value is -1.69. The lowest BCUT2D eigenvalue weighted by atomic mass is 9.97. The van der Waals surface area contributed by atoms with Crippen LogP contribution in [0, 0.1) is 0 Å². The normalized spacial score (nSPS) is 14.3. The molecule has 5 heteroatoms. The number of hydrogen-bond donors (Lipinski definition) is 2. The van der Waals surface area contributed by atoms with E-state index >= 15 is 0 Å². The monoisotopic (exact) mass is 432 g/mol. The summed E-state index contributed by atoms with van der Waals surface area (Å²) in [6.07, 6.45) is 1.67. The number of nitrogens with two attached hydrogens (primary N) is 1. The summed E-state index contributed by atoms with van der Waals surface area (Å²) in [5, 5.41) is 10.4. The molecule has 4 nitrogen and oxygen atoms in total. The van der Waals surface area contributed by atoms with Gasteiger partial charge in [0.15, 0.2) is 0 Å². The number of carbonyl (C=O) groups is 1. The Balaban J connectivity index is 0.00000126. The van der Waals surface area contributed by atoms with Crippen molar-refractivity contribution in [1.29, 1.82) is 0 Å². The van der Waals surface area contributed by atoms with Gasteiger partial charge in [-0.15, -0.1) is 0 Å². The van der Waals surface area contributed by atoms with Crippen molar-refractivity contribution in [2.45, 2.75) is 45.8 Å². The van der Waals surface area contributed by atoms with Crippen LogP contribution in [0.2, 0.25) is 0 Å². The van der Waals surface area contributed by atoms with Crippen molar-refractivity contribution in [1.82, 2.24) is 4.90 Å². The molecule has 0 spiro atoms. The van der Waals surface area contributed by atoms with E-state index < -0.39 is 6.10 Å². The van der Waals surface area contributed by atoms with Gasteiger partial charge < -0.3 is 15.7 Å². The average molecular weight is 433 g/mol. The molecule has 2 aromatic rings. The molecular weight excluding hydrogens is 404 g/mol. The minimum absolute atomic E-state index is 0.00941. The third kappa shape index (κ3) is 5.64. The number of aryl methyl sites for hydroxylation is 1. The van der Waals surface area contributed by atoms with Gasteiger partial charge in [-0.05, 0) is 54.2 Å². The van der Waals surface area contributed by atoms with Crippen molar-refractivity contribution in [3.05, 3.63) is 69.2 Å². The molecule has 0 aromatic heterocycles. The lowest BCUT2D eigenvalue weighted by Crippen LogP contribution is -2.42. The minimum atomic E-state index is -0.535. The van der Waals surface area contributed by atoms with Crippen LogP contribution in [0.25, 0.3) is 0 Å². The number of carbonyl (C=O) groups excluding carboxylic acids is 1. The van der Waals surface area contributed by atoms with Crippen molar-refractivity contribution < 1.29 is 9.90 Å². The Morgan fingerprint density at radius 1 is 1.19 bits per heavy atom. The van der Waals surface area contributed by atoms with Crippen molar-refractivity contribution in [3.8, 4) is 0 Å². The van der Waals surface area contributed by atoms with Crippen LogP contribution in [0.4, 0.5) is 0 Å². The SMILES string of the molecule is CC.NCc1ccccc1CCC(O)CN1CCc2cc(Br)ccc2C1=O. The first-order chi connectivity index (χ1) is 13.1. The smallest absolute Gasteiger partial charge is 0.254 e. The lowest BCUT2D eigenvalue weighted by Gasteiger charge is -2.30. The van der Waals surface area contributed by atoms with Crippen LogP contribution in [0.5, 0.6) is 0 Å². The lowest BCUT2D eigenvalue weighted by molar-refractivity contribution is 0.0592. The fourth-order valence-electron chi connectivity index (χ4n) is 3.35. The van der Waals surface area contributed by atoms with Gasteiger partial charge in [-0.1, -0.05) is 54.0 Å². The second-order valence-electron chi connectivity index (χ2n) is 6.47. The summed E-state index contributed by atoms with van der Waals surface area (Å²) in [7, 11) is 0. The highest BCUT2D eigenvalue weighted by molar-refractivity contribution is 9.10. The van der Waals surface area contributed by atoms with Gasteiger partial charge in [-0.3, -0.25) is 4.79 Å². The molecular formula is C22H29BrN2O2. The van der Waals surface area contributed by atoms with Gasteiger partial charge >= 0.3 is 0 Å². The predicted octanol–water partition coefficient (Wildman–Crippen LogP) is 3.93. The van der Waals surface area contributed by atoms with Crippen LogP contribution in [0.1, 0.15) is 47.3 Å². The van der Waals surface area contributed by atoms with Gasteiger partial charge in [-0.25, -0.2) is 0 Å². The molecule has 1 unspecified atom stereocenters. The molecule has 3 N–H and O–H groups in total. The van der Waals surface area contributed by atoms with E-state index in [1.165, 1.54) is 5.56 Å². The molecule has 0 aliphatic carbocycles. The van der Waals surface area contributed by atoms with Gasteiger partial charge in [0.05, 0.1) is 6.10 Å². The summed E-state index contributed by atoms with van der Waals surface area (Å²) < 4.78 is 0.992. The van der Waals surface area contributed by atoms with E-state index in [0.717, 1.165) is 34.0 Å². The number of benzene rings is 2. The van der Waals surface area contributed by atoms with Crippen molar-refractivity contribution >= 4 is 21.8 Å². The standard InChI is InChI=1S/C20H23BrN2O2.C2H6/c21-17-6-8-19-15(11-17)9-10-23(20(19)25)13-18(24)7-5-14-3-1-2-4-16(14)12-22;1-2/h1-4,6,8,11,18,24H,5,7,9-10,12-13,22H2;1-2H3. The molecule has 27 heavy (non-hydrogen) atoms. The van der Waals surface area contributed by atoms with E-state index in [-0.39, 0.29) is 5.91 Å². The maximum atomic E-state index is 12.6. The molecule has 1 atom stereocenters. The summed E-state index contributed by atoms with van der Waals surface area (Å²) in [5.74, 6) is 0.00941. The van der Waals surface area contributed by atoms with E-state index in [0.29, 0.717) is 26.1 Å². The Labute approximate surface area is 170 Å². The van der Waals surface area contributed by atoms with E-state index in [1.807, 2.05) is 50.2 Å². The highest BCUT2D eigenvalue weighted by Crippen LogP contribution is 2.23. The number of aliphatic hydroxyl groups is 1. The molecule has 0 saturated heterocycles. The molecule has 2 aromatic carbocycles. The molecule has 0 bridgehead atoms. The molecule has 146 valence electrons. The third-order valence-electron chi connectivity index (χ3n) is 4.75. The number of halogens is 1. The molecule has 1 amide bonds. The summed E-state index contributed by atoms with van der Waals surface area (Å²) in [5.41, 5.74) is 9.86. The largest absolute Gasteiger partial charge is 0.391 e. The second-order valence-corrected chi connectivity index (χ2v) is 7.38. The zero-order valence-electron chi connectivity index (χ0n) is 16.1. The van der Waals surface area contributed by atoms with Crippen LogP contribution < -0.4 is 5.73 Å². The maximum absolute atomic E-state index is 12.6. The summed E-state index contributed by atoms with van der Waals surface area (Å²) in [6, 6.07) is 13.8. The quantitative estimate of drug-likeness (QED) is 0.726. The molecule has 0 fully saturated rings. The Morgan fingerprint density at radius 2 is 1.89 bits per heavy atom.